The first-order valence-corrected chi connectivity index (χ1v) is 6.02. The number of rotatable bonds is 5. The van der Waals surface area contributed by atoms with E-state index in [1.165, 1.54) is 0 Å². The Morgan fingerprint density at radius 2 is 2.05 bits per heavy atom. The van der Waals surface area contributed by atoms with Gasteiger partial charge in [-0.1, -0.05) is 5.16 Å². The first-order chi connectivity index (χ1) is 8.89. The topological polar surface area (TPSA) is 91.8 Å². The number of amidine groups is 1. The molecule has 0 saturated carbocycles. The van der Waals surface area contributed by atoms with Gasteiger partial charge in [0.2, 0.25) is 5.91 Å². The summed E-state index contributed by atoms with van der Waals surface area (Å²) in [5.41, 5.74) is 5.64. The smallest absolute Gasteiger partial charge is 0.235 e. The van der Waals surface area contributed by atoms with E-state index < -0.39 is 5.41 Å². The summed E-state index contributed by atoms with van der Waals surface area (Å²) in [7, 11) is 1.70. The molecule has 0 aromatic carbocycles. The highest BCUT2D eigenvalue weighted by Gasteiger charge is 2.34. The fourth-order valence-electron chi connectivity index (χ4n) is 1.66. The molecule has 0 aliphatic rings. The summed E-state index contributed by atoms with van der Waals surface area (Å²) in [6.07, 6.45) is 4.17. The molecule has 1 rings (SSSR count). The zero-order valence-corrected chi connectivity index (χ0v) is 11.5. The lowest BCUT2D eigenvalue weighted by Gasteiger charge is -2.28. The van der Waals surface area contributed by atoms with Gasteiger partial charge in [-0.25, -0.2) is 0 Å². The number of likely N-dealkylation sites (N-methyl/N-ethyl adjacent to an activating group) is 1. The third kappa shape index (κ3) is 3.67. The summed E-state index contributed by atoms with van der Waals surface area (Å²) < 4.78 is 0. The Kier molecular flexibility index (Phi) is 4.86. The van der Waals surface area contributed by atoms with Crippen molar-refractivity contribution in [2.75, 3.05) is 13.6 Å². The van der Waals surface area contributed by atoms with Gasteiger partial charge in [-0.05, 0) is 38.0 Å². The SMILES string of the molecule is CN(CCc1ccncc1)C(=O)C(C)(C)C(N)=NO. The fraction of sp³-hybridized carbons (Fsp3) is 0.462. The van der Waals surface area contributed by atoms with E-state index in [1.54, 1.807) is 38.2 Å². The van der Waals surface area contributed by atoms with Crippen molar-refractivity contribution in [3.63, 3.8) is 0 Å². The number of aromatic nitrogens is 1. The number of nitrogens with two attached hydrogens (primary N) is 1. The number of hydrogen-bond donors (Lipinski definition) is 2. The van der Waals surface area contributed by atoms with Crippen molar-refractivity contribution < 1.29 is 10.0 Å². The lowest BCUT2D eigenvalue weighted by atomic mass is 9.90. The van der Waals surface area contributed by atoms with Gasteiger partial charge in [-0.2, -0.15) is 0 Å². The number of oxime groups is 1. The molecule has 1 heterocycles. The molecule has 0 aliphatic carbocycles. The zero-order chi connectivity index (χ0) is 14.5. The number of carbonyl (C=O) groups excluding carboxylic acids is 1. The Morgan fingerprint density at radius 3 is 2.58 bits per heavy atom. The molecule has 0 aliphatic heterocycles. The highest BCUT2D eigenvalue weighted by molar-refractivity contribution is 6.05. The van der Waals surface area contributed by atoms with Crippen molar-refractivity contribution in [1.29, 1.82) is 0 Å². The fourth-order valence-corrected chi connectivity index (χ4v) is 1.66. The van der Waals surface area contributed by atoms with E-state index in [2.05, 4.69) is 10.1 Å². The summed E-state index contributed by atoms with van der Waals surface area (Å²) >= 11 is 0. The van der Waals surface area contributed by atoms with Crippen LogP contribution in [-0.4, -0.2) is 40.4 Å². The van der Waals surface area contributed by atoms with E-state index >= 15 is 0 Å². The van der Waals surface area contributed by atoms with Crippen LogP contribution in [0.5, 0.6) is 0 Å². The van der Waals surface area contributed by atoms with Gasteiger partial charge in [-0.3, -0.25) is 9.78 Å². The van der Waals surface area contributed by atoms with Gasteiger partial charge in [-0.15, -0.1) is 0 Å². The van der Waals surface area contributed by atoms with E-state index in [1.807, 2.05) is 12.1 Å². The molecule has 0 spiro atoms. The summed E-state index contributed by atoms with van der Waals surface area (Å²) in [6.45, 7) is 3.83. The van der Waals surface area contributed by atoms with Crippen LogP contribution >= 0.6 is 0 Å². The number of hydrogen-bond acceptors (Lipinski definition) is 4. The lowest BCUT2D eigenvalue weighted by Crippen LogP contribution is -2.47. The van der Waals surface area contributed by atoms with E-state index in [4.69, 9.17) is 10.9 Å². The molecule has 6 heteroatoms. The van der Waals surface area contributed by atoms with E-state index in [0.29, 0.717) is 6.54 Å². The molecular weight excluding hydrogens is 244 g/mol. The third-order valence-electron chi connectivity index (χ3n) is 3.11. The van der Waals surface area contributed by atoms with Crippen molar-refractivity contribution in [3.05, 3.63) is 30.1 Å². The van der Waals surface area contributed by atoms with E-state index in [-0.39, 0.29) is 11.7 Å². The molecule has 1 amide bonds. The highest BCUT2D eigenvalue weighted by atomic mass is 16.4. The van der Waals surface area contributed by atoms with Gasteiger partial charge < -0.3 is 15.8 Å². The average molecular weight is 264 g/mol. The first-order valence-electron chi connectivity index (χ1n) is 6.02. The molecule has 0 bridgehead atoms. The third-order valence-corrected chi connectivity index (χ3v) is 3.11. The largest absolute Gasteiger partial charge is 0.409 e. The van der Waals surface area contributed by atoms with Gasteiger partial charge in [0.15, 0.2) is 5.84 Å². The second kappa shape index (κ2) is 6.17. The zero-order valence-electron chi connectivity index (χ0n) is 11.5. The standard InChI is InChI=1S/C13H20N4O2/c1-13(2,11(14)16-19)12(18)17(3)9-6-10-4-7-15-8-5-10/h4-5,7-8,19H,6,9H2,1-3H3,(H2,14,16). The van der Waals surface area contributed by atoms with Crippen LogP contribution in [0.3, 0.4) is 0 Å². The van der Waals surface area contributed by atoms with Crippen molar-refractivity contribution >= 4 is 11.7 Å². The van der Waals surface area contributed by atoms with Crippen LogP contribution in [0.15, 0.2) is 29.7 Å². The van der Waals surface area contributed by atoms with E-state index in [9.17, 15) is 4.79 Å². The molecule has 104 valence electrons. The number of carbonyl (C=O) groups is 1. The summed E-state index contributed by atoms with van der Waals surface area (Å²) in [5, 5.41) is 11.6. The van der Waals surface area contributed by atoms with Crippen LogP contribution in [0, 0.1) is 5.41 Å². The van der Waals surface area contributed by atoms with Crippen LogP contribution in [0.25, 0.3) is 0 Å². The summed E-state index contributed by atoms with van der Waals surface area (Å²) in [4.78, 5) is 17.8. The average Bonchev–Trinajstić information content (AvgIpc) is 2.43. The maximum Gasteiger partial charge on any atom is 0.235 e. The molecule has 0 radical (unpaired) electrons. The number of nitrogens with zero attached hydrogens (tertiary/aromatic N) is 3. The van der Waals surface area contributed by atoms with E-state index in [0.717, 1.165) is 12.0 Å². The Bertz CT molecular complexity index is 457. The Morgan fingerprint density at radius 1 is 1.47 bits per heavy atom. The Balaban J connectivity index is 2.63. The van der Waals surface area contributed by atoms with Crippen molar-refractivity contribution in [2.45, 2.75) is 20.3 Å². The summed E-state index contributed by atoms with van der Waals surface area (Å²) in [5.74, 6) is -0.273. The van der Waals surface area contributed by atoms with Crippen LogP contribution in [0.1, 0.15) is 19.4 Å². The van der Waals surface area contributed by atoms with Crippen LogP contribution in [-0.2, 0) is 11.2 Å². The number of pyridine rings is 1. The predicted molar refractivity (Wildman–Crippen MR) is 72.8 cm³/mol. The normalized spacial score (nSPS) is 12.3. The molecule has 0 atom stereocenters. The van der Waals surface area contributed by atoms with Gasteiger partial charge in [0.05, 0.1) is 0 Å². The molecule has 0 unspecified atom stereocenters. The quantitative estimate of drug-likeness (QED) is 0.357. The minimum absolute atomic E-state index is 0.0896. The Hall–Kier alpha value is -2.11. The lowest BCUT2D eigenvalue weighted by molar-refractivity contribution is -0.135. The van der Waals surface area contributed by atoms with Crippen molar-refractivity contribution in [3.8, 4) is 0 Å². The second-order valence-corrected chi connectivity index (χ2v) is 4.94. The maximum absolute atomic E-state index is 12.2. The molecule has 0 fully saturated rings. The minimum Gasteiger partial charge on any atom is -0.409 e. The molecule has 19 heavy (non-hydrogen) atoms. The molecule has 3 N–H and O–H groups in total. The second-order valence-electron chi connectivity index (χ2n) is 4.94. The van der Waals surface area contributed by atoms with Gasteiger partial charge in [0.1, 0.15) is 5.41 Å². The first kappa shape index (κ1) is 14.9. The van der Waals surface area contributed by atoms with Crippen molar-refractivity contribution in [1.82, 2.24) is 9.88 Å². The van der Waals surface area contributed by atoms with Crippen LogP contribution in [0.2, 0.25) is 0 Å². The molecule has 0 saturated heterocycles. The molecule has 1 aromatic heterocycles. The highest BCUT2D eigenvalue weighted by Crippen LogP contribution is 2.18. The molecule has 1 aromatic rings. The molecular formula is C13H20N4O2. The Labute approximate surface area is 112 Å². The summed E-state index contributed by atoms with van der Waals surface area (Å²) in [6, 6.07) is 3.82. The van der Waals surface area contributed by atoms with Crippen LogP contribution < -0.4 is 5.73 Å². The van der Waals surface area contributed by atoms with Crippen LogP contribution in [0.4, 0.5) is 0 Å². The van der Waals surface area contributed by atoms with Gasteiger partial charge in [0.25, 0.3) is 0 Å². The van der Waals surface area contributed by atoms with Gasteiger partial charge in [0, 0.05) is 26.0 Å². The predicted octanol–water partition coefficient (Wildman–Crippen LogP) is 0.855. The minimum atomic E-state index is -1.01. The maximum atomic E-state index is 12.2. The monoisotopic (exact) mass is 264 g/mol. The number of amides is 1. The molecule has 6 nitrogen and oxygen atoms in total. The van der Waals surface area contributed by atoms with Crippen molar-refractivity contribution in [2.24, 2.45) is 16.3 Å². The van der Waals surface area contributed by atoms with Gasteiger partial charge >= 0.3 is 0 Å².